The highest BCUT2D eigenvalue weighted by Crippen LogP contribution is 2.19. The van der Waals surface area contributed by atoms with E-state index in [0.29, 0.717) is 0 Å². The lowest BCUT2D eigenvalue weighted by atomic mass is 10.2. The molecule has 0 unspecified atom stereocenters. The smallest absolute Gasteiger partial charge is 0.150 e. The molecule has 0 N–H and O–H groups in total. The highest BCUT2D eigenvalue weighted by atomic mass is 16.1. The number of rotatable bonds is 3. The van der Waals surface area contributed by atoms with Gasteiger partial charge in [0.1, 0.15) is 12.1 Å². The molecule has 1 aliphatic heterocycles. The molecule has 1 fully saturated rings. The van der Waals surface area contributed by atoms with E-state index in [1.54, 1.807) is 0 Å². The van der Waals surface area contributed by atoms with Crippen LogP contribution in [0.5, 0.6) is 0 Å². The maximum absolute atomic E-state index is 10.8. The van der Waals surface area contributed by atoms with Crippen LogP contribution >= 0.6 is 0 Å². The van der Waals surface area contributed by atoms with Gasteiger partial charge in [-0.2, -0.15) is 0 Å². The van der Waals surface area contributed by atoms with Crippen molar-refractivity contribution in [2.24, 2.45) is 0 Å². The molecule has 0 saturated carbocycles. The Morgan fingerprint density at radius 1 is 0.950 bits per heavy atom. The second kappa shape index (κ2) is 5.74. The van der Waals surface area contributed by atoms with Crippen LogP contribution in [0.4, 0.5) is 11.5 Å². The molecule has 1 saturated heterocycles. The molecule has 4 nitrogen and oxygen atoms in total. The maximum Gasteiger partial charge on any atom is 0.150 e. The van der Waals surface area contributed by atoms with Gasteiger partial charge in [-0.1, -0.05) is 18.2 Å². The molecule has 1 aromatic carbocycles. The number of hydrogen-bond acceptors (Lipinski definition) is 4. The lowest BCUT2D eigenvalue weighted by Crippen LogP contribution is -2.46. The molecule has 102 valence electrons. The number of carbonyl (C=O) groups is 1. The van der Waals surface area contributed by atoms with Crippen LogP contribution in [-0.2, 0) is 0 Å². The van der Waals surface area contributed by atoms with Crippen LogP contribution in [0.2, 0.25) is 0 Å². The molecule has 0 bridgehead atoms. The van der Waals surface area contributed by atoms with Crippen molar-refractivity contribution in [3.05, 3.63) is 54.2 Å². The van der Waals surface area contributed by atoms with Crippen LogP contribution < -0.4 is 9.80 Å². The van der Waals surface area contributed by atoms with Crippen LogP contribution in [0.25, 0.3) is 0 Å². The van der Waals surface area contributed by atoms with Crippen LogP contribution in [-0.4, -0.2) is 37.4 Å². The van der Waals surface area contributed by atoms with Crippen LogP contribution in [0, 0.1) is 0 Å². The number of hydrogen-bond donors (Lipinski definition) is 0. The minimum Gasteiger partial charge on any atom is -0.368 e. The van der Waals surface area contributed by atoms with E-state index in [2.05, 4.69) is 20.9 Å². The summed E-state index contributed by atoms with van der Waals surface area (Å²) in [4.78, 5) is 19.8. The fourth-order valence-electron chi connectivity index (χ4n) is 2.53. The SMILES string of the molecule is O=Cc1cccc(N2CCN(c3ccccn3)CC2)c1. The molecule has 0 radical (unpaired) electrons. The van der Waals surface area contributed by atoms with Gasteiger partial charge in [-0.05, 0) is 24.3 Å². The summed E-state index contributed by atoms with van der Waals surface area (Å²) < 4.78 is 0. The van der Waals surface area contributed by atoms with E-state index < -0.39 is 0 Å². The summed E-state index contributed by atoms with van der Waals surface area (Å²) in [7, 11) is 0. The van der Waals surface area contributed by atoms with Crippen molar-refractivity contribution in [3.8, 4) is 0 Å². The number of carbonyl (C=O) groups excluding carboxylic acids is 1. The molecule has 1 aliphatic rings. The summed E-state index contributed by atoms with van der Waals surface area (Å²) in [5.74, 6) is 1.04. The molecule has 4 heteroatoms. The maximum atomic E-state index is 10.8. The summed E-state index contributed by atoms with van der Waals surface area (Å²) in [6, 6.07) is 13.8. The van der Waals surface area contributed by atoms with Crippen molar-refractivity contribution in [3.63, 3.8) is 0 Å². The molecule has 0 spiro atoms. The molecule has 1 aromatic heterocycles. The zero-order chi connectivity index (χ0) is 13.8. The van der Waals surface area contributed by atoms with E-state index in [4.69, 9.17) is 0 Å². The minimum atomic E-state index is 0.731. The second-order valence-electron chi connectivity index (χ2n) is 4.87. The average Bonchev–Trinajstić information content (AvgIpc) is 2.56. The number of aldehydes is 1. The Labute approximate surface area is 118 Å². The predicted molar refractivity (Wildman–Crippen MR) is 80.5 cm³/mol. The highest BCUT2D eigenvalue weighted by molar-refractivity contribution is 5.77. The zero-order valence-corrected chi connectivity index (χ0v) is 11.3. The Hall–Kier alpha value is -2.36. The van der Waals surface area contributed by atoms with Gasteiger partial charge in [0.25, 0.3) is 0 Å². The van der Waals surface area contributed by atoms with Gasteiger partial charge < -0.3 is 9.80 Å². The Morgan fingerprint density at radius 3 is 2.45 bits per heavy atom. The molecular formula is C16H17N3O. The topological polar surface area (TPSA) is 36.4 Å². The normalized spacial score (nSPS) is 15.2. The predicted octanol–water partition coefficient (Wildman–Crippen LogP) is 2.22. The van der Waals surface area contributed by atoms with Gasteiger partial charge in [-0.25, -0.2) is 4.98 Å². The fraction of sp³-hybridized carbons (Fsp3) is 0.250. The summed E-state index contributed by atoms with van der Waals surface area (Å²) in [6.45, 7) is 3.78. The number of piperazine rings is 1. The number of nitrogens with zero attached hydrogens (tertiary/aromatic N) is 3. The average molecular weight is 267 g/mol. The molecule has 2 heterocycles. The van der Waals surface area contributed by atoms with Gasteiger partial charge in [0, 0.05) is 43.6 Å². The van der Waals surface area contributed by atoms with Crippen LogP contribution in [0.1, 0.15) is 10.4 Å². The van der Waals surface area contributed by atoms with Crippen molar-refractivity contribution < 1.29 is 4.79 Å². The number of pyridine rings is 1. The number of anilines is 2. The Bertz CT molecular complexity index is 577. The third-order valence-electron chi connectivity index (χ3n) is 3.62. The first-order chi connectivity index (χ1) is 9.86. The summed E-state index contributed by atoms with van der Waals surface area (Å²) >= 11 is 0. The molecular weight excluding hydrogens is 250 g/mol. The summed E-state index contributed by atoms with van der Waals surface area (Å²) in [5, 5.41) is 0. The standard InChI is InChI=1S/C16H17N3O/c20-13-14-4-3-5-15(12-14)18-8-10-19(11-9-18)16-6-1-2-7-17-16/h1-7,12-13H,8-11H2. The largest absolute Gasteiger partial charge is 0.368 e. The van der Waals surface area contributed by atoms with E-state index in [9.17, 15) is 4.79 Å². The molecule has 20 heavy (non-hydrogen) atoms. The number of aromatic nitrogens is 1. The van der Waals surface area contributed by atoms with Crippen molar-refractivity contribution in [1.82, 2.24) is 4.98 Å². The lowest BCUT2D eigenvalue weighted by molar-refractivity contribution is 0.112. The molecule has 0 amide bonds. The summed E-state index contributed by atoms with van der Waals surface area (Å²) in [5.41, 5.74) is 1.85. The van der Waals surface area contributed by atoms with Crippen LogP contribution in [0.3, 0.4) is 0 Å². The van der Waals surface area contributed by atoms with Crippen molar-refractivity contribution in [2.45, 2.75) is 0 Å². The highest BCUT2D eigenvalue weighted by Gasteiger charge is 2.18. The third-order valence-corrected chi connectivity index (χ3v) is 3.62. The zero-order valence-electron chi connectivity index (χ0n) is 11.3. The first-order valence-electron chi connectivity index (χ1n) is 6.83. The van der Waals surface area contributed by atoms with Crippen molar-refractivity contribution in [1.29, 1.82) is 0 Å². The van der Waals surface area contributed by atoms with Gasteiger partial charge >= 0.3 is 0 Å². The Morgan fingerprint density at radius 2 is 1.75 bits per heavy atom. The summed E-state index contributed by atoms with van der Waals surface area (Å²) in [6.07, 6.45) is 2.73. The van der Waals surface area contributed by atoms with Gasteiger partial charge in [-0.15, -0.1) is 0 Å². The minimum absolute atomic E-state index is 0.731. The van der Waals surface area contributed by atoms with Crippen molar-refractivity contribution >= 4 is 17.8 Å². The van der Waals surface area contributed by atoms with E-state index >= 15 is 0 Å². The van der Waals surface area contributed by atoms with Gasteiger partial charge in [-0.3, -0.25) is 4.79 Å². The Balaban J connectivity index is 1.68. The first kappa shape index (κ1) is 12.7. The van der Waals surface area contributed by atoms with Crippen LogP contribution in [0.15, 0.2) is 48.7 Å². The van der Waals surface area contributed by atoms with E-state index in [1.807, 2.05) is 42.6 Å². The quantitative estimate of drug-likeness (QED) is 0.799. The van der Waals surface area contributed by atoms with Gasteiger partial charge in [0.2, 0.25) is 0 Å². The van der Waals surface area contributed by atoms with E-state index in [1.165, 1.54) is 0 Å². The van der Waals surface area contributed by atoms with E-state index in [0.717, 1.165) is 49.5 Å². The lowest BCUT2D eigenvalue weighted by Gasteiger charge is -2.36. The first-order valence-corrected chi connectivity index (χ1v) is 6.83. The van der Waals surface area contributed by atoms with E-state index in [-0.39, 0.29) is 0 Å². The molecule has 0 atom stereocenters. The Kier molecular flexibility index (Phi) is 3.63. The third kappa shape index (κ3) is 2.64. The number of benzene rings is 1. The van der Waals surface area contributed by atoms with Gasteiger partial charge in [0.15, 0.2) is 0 Å². The second-order valence-corrected chi connectivity index (χ2v) is 4.87. The fourth-order valence-corrected chi connectivity index (χ4v) is 2.53. The van der Waals surface area contributed by atoms with Gasteiger partial charge in [0.05, 0.1) is 0 Å². The molecule has 0 aliphatic carbocycles. The van der Waals surface area contributed by atoms with Crippen molar-refractivity contribution in [2.75, 3.05) is 36.0 Å². The molecule has 3 rings (SSSR count). The molecule has 2 aromatic rings. The monoisotopic (exact) mass is 267 g/mol.